The monoisotopic (exact) mass is 346 g/mol. The number of pyridine rings is 1. The van der Waals surface area contributed by atoms with E-state index in [0.717, 1.165) is 0 Å². The molecule has 0 radical (unpaired) electrons. The van der Waals surface area contributed by atoms with Crippen LogP contribution in [-0.2, 0) is 10.0 Å². The van der Waals surface area contributed by atoms with Gasteiger partial charge in [-0.2, -0.15) is 0 Å². The van der Waals surface area contributed by atoms with Gasteiger partial charge in [0.15, 0.2) is 0 Å². The first kappa shape index (κ1) is 13.3. The van der Waals surface area contributed by atoms with Gasteiger partial charge in [0.2, 0.25) is 0 Å². The van der Waals surface area contributed by atoms with Crippen LogP contribution in [0, 0.1) is 0 Å². The molecule has 0 spiro atoms. The lowest BCUT2D eigenvalue weighted by Gasteiger charge is -2.08. The summed E-state index contributed by atoms with van der Waals surface area (Å²) in [6.45, 7) is 0. The Morgan fingerprint density at radius 3 is 2.50 bits per heavy atom. The van der Waals surface area contributed by atoms with Crippen molar-refractivity contribution in [3.63, 3.8) is 0 Å². The fourth-order valence-electron chi connectivity index (χ4n) is 1.29. The Kier molecular flexibility index (Phi) is 3.89. The zero-order valence-electron chi connectivity index (χ0n) is 8.97. The lowest BCUT2D eigenvalue weighted by Crippen LogP contribution is -2.14. The van der Waals surface area contributed by atoms with Crippen LogP contribution in [0.5, 0.6) is 0 Å². The molecule has 18 heavy (non-hydrogen) atoms. The first-order chi connectivity index (χ1) is 8.49. The van der Waals surface area contributed by atoms with Gasteiger partial charge in [-0.1, -0.05) is 23.7 Å². The van der Waals surface area contributed by atoms with E-state index in [0.29, 0.717) is 9.50 Å². The van der Waals surface area contributed by atoms with Crippen molar-refractivity contribution in [2.24, 2.45) is 0 Å². The van der Waals surface area contributed by atoms with Crippen LogP contribution in [0.1, 0.15) is 0 Å². The number of nitrogens with one attached hydrogen (secondary N) is 1. The molecule has 0 amide bonds. The van der Waals surface area contributed by atoms with E-state index in [1.165, 1.54) is 18.3 Å². The molecule has 1 heterocycles. The highest BCUT2D eigenvalue weighted by Gasteiger charge is 2.17. The zero-order valence-corrected chi connectivity index (χ0v) is 12.1. The quantitative estimate of drug-likeness (QED) is 0.927. The maximum Gasteiger partial charge on any atom is 0.264 e. The molecule has 4 nitrogen and oxygen atoms in total. The van der Waals surface area contributed by atoms with Crippen LogP contribution in [0.3, 0.4) is 0 Å². The van der Waals surface area contributed by atoms with Crippen molar-refractivity contribution in [2.45, 2.75) is 4.90 Å². The molecule has 7 heteroatoms. The molecule has 1 N–H and O–H groups in total. The first-order valence-corrected chi connectivity index (χ1v) is 7.53. The number of aromatic nitrogens is 1. The number of halogens is 2. The number of benzene rings is 1. The van der Waals surface area contributed by atoms with E-state index in [-0.39, 0.29) is 10.7 Å². The molecule has 0 unspecified atom stereocenters. The van der Waals surface area contributed by atoms with Crippen LogP contribution in [0.2, 0.25) is 5.02 Å². The van der Waals surface area contributed by atoms with Crippen LogP contribution in [0.25, 0.3) is 0 Å². The van der Waals surface area contributed by atoms with Crippen molar-refractivity contribution < 1.29 is 8.42 Å². The summed E-state index contributed by atoms with van der Waals surface area (Å²) in [5.41, 5.74) is 0. The maximum absolute atomic E-state index is 12.1. The highest BCUT2D eigenvalue weighted by molar-refractivity contribution is 9.10. The normalized spacial score (nSPS) is 11.2. The number of hydrogen-bond donors (Lipinski definition) is 1. The van der Waals surface area contributed by atoms with Gasteiger partial charge in [0.1, 0.15) is 10.7 Å². The van der Waals surface area contributed by atoms with Gasteiger partial charge in [0.25, 0.3) is 10.0 Å². The van der Waals surface area contributed by atoms with E-state index in [9.17, 15) is 8.42 Å². The summed E-state index contributed by atoms with van der Waals surface area (Å²) in [5, 5.41) is 0.443. The number of hydrogen-bond acceptors (Lipinski definition) is 3. The smallest absolute Gasteiger partial charge is 0.263 e. The molecule has 0 aliphatic carbocycles. The van der Waals surface area contributed by atoms with Gasteiger partial charge in [-0.15, -0.1) is 0 Å². The lowest BCUT2D eigenvalue weighted by molar-refractivity contribution is 0.600. The molecule has 0 fully saturated rings. The molecular weight excluding hydrogens is 340 g/mol. The molecule has 0 saturated heterocycles. The minimum Gasteiger partial charge on any atom is -0.263 e. The SMILES string of the molecule is O=S(=O)(Nc1ccc(Cl)cn1)c1ccccc1Br. The summed E-state index contributed by atoms with van der Waals surface area (Å²) < 4.78 is 27.1. The summed E-state index contributed by atoms with van der Waals surface area (Å²) in [5.74, 6) is 0.218. The van der Waals surface area contributed by atoms with Crippen LogP contribution in [0.4, 0.5) is 5.82 Å². The van der Waals surface area contributed by atoms with Gasteiger partial charge in [-0.05, 0) is 40.2 Å². The second kappa shape index (κ2) is 5.26. The fraction of sp³-hybridized carbons (Fsp3) is 0. The topological polar surface area (TPSA) is 59.1 Å². The summed E-state index contributed by atoms with van der Waals surface area (Å²) in [4.78, 5) is 4.04. The summed E-state index contributed by atoms with van der Waals surface area (Å²) >= 11 is 8.87. The summed E-state index contributed by atoms with van der Waals surface area (Å²) in [7, 11) is -3.66. The Morgan fingerprint density at radius 1 is 1.17 bits per heavy atom. The highest BCUT2D eigenvalue weighted by atomic mass is 79.9. The first-order valence-electron chi connectivity index (χ1n) is 4.88. The largest absolute Gasteiger partial charge is 0.264 e. The number of rotatable bonds is 3. The molecule has 94 valence electrons. The average Bonchev–Trinajstić information content (AvgIpc) is 2.32. The standard InChI is InChI=1S/C11H8BrClN2O2S/c12-9-3-1-2-4-10(9)18(16,17)15-11-6-5-8(13)7-14-11/h1-7H,(H,14,15). The van der Waals surface area contributed by atoms with Gasteiger partial charge >= 0.3 is 0 Å². The van der Waals surface area contributed by atoms with E-state index in [1.807, 2.05) is 0 Å². The molecule has 1 aromatic heterocycles. The Balaban J connectivity index is 2.33. The van der Waals surface area contributed by atoms with Crippen LogP contribution in [-0.4, -0.2) is 13.4 Å². The predicted octanol–water partition coefficient (Wildman–Crippen LogP) is 3.30. The number of anilines is 1. The Bertz CT molecular complexity index is 659. The van der Waals surface area contributed by atoms with E-state index in [1.54, 1.807) is 24.3 Å². The third kappa shape index (κ3) is 3.01. The molecule has 2 aromatic rings. The van der Waals surface area contributed by atoms with E-state index in [4.69, 9.17) is 11.6 Å². The third-order valence-corrected chi connectivity index (χ3v) is 4.68. The molecule has 0 saturated carbocycles. The van der Waals surface area contributed by atoms with Crippen molar-refractivity contribution in [3.05, 3.63) is 52.1 Å². The van der Waals surface area contributed by atoms with Crippen molar-refractivity contribution in [1.82, 2.24) is 4.98 Å². The van der Waals surface area contributed by atoms with E-state index in [2.05, 4.69) is 25.6 Å². The van der Waals surface area contributed by atoms with Crippen molar-refractivity contribution in [3.8, 4) is 0 Å². The van der Waals surface area contributed by atoms with E-state index < -0.39 is 10.0 Å². The van der Waals surface area contributed by atoms with Crippen LogP contribution in [0.15, 0.2) is 52.0 Å². The maximum atomic E-state index is 12.1. The molecular formula is C11H8BrClN2O2S. The van der Waals surface area contributed by atoms with Crippen LogP contribution >= 0.6 is 27.5 Å². The molecule has 0 bridgehead atoms. The van der Waals surface area contributed by atoms with E-state index >= 15 is 0 Å². The Labute approximate surface area is 118 Å². The zero-order chi connectivity index (χ0) is 13.2. The van der Waals surface area contributed by atoms with Gasteiger partial charge in [-0.3, -0.25) is 4.72 Å². The van der Waals surface area contributed by atoms with Crippen molar-refractivity contribution >= 4 is 43.4 Å². The molecule has 1 aromatic carbocycles. The second-order valence-electron chi connectivity index (χ2n) is 3.40. The molecule has 0 atom stereocenters. The lowest BCUT2D eigenvalue weighted by atomic mass is 10.4. The Morgan fingerprint density at radius 2 is 1.89 bits per heavy atom. The molecule has 0 aliphatic heterocycles. The minimum absolute atomic E-state index is 0.154. The van der Waals surface area contributed by atoms with Crippen LogP contribution < -0.4 is 4.72 Å². The van der Waals surface area contributed by atoms with Gasteiger partial charge in [0.05, 0.1) is 5.02 Å². The fourth-order valence-corrected chi connectivity index (χ4v) is 3.42. The second-order valence-corrected chi connectivity index (χ2v) is 6.34. The van der Waals surface area contributed by atoms with Gasteiger partial charge in [0, 0.05) is 10.7 Å². The summed E-state index contributed by atoms with van der Waals surface area (Å²) in [6, 6.07) is 9.60. The average molecular weight is 348 g/mol. The summed E-state index contributed by atoms with van der Waals surface area (Å²) in [6.07, 6.45) is 1.37. The van der Waals surface area contributed by atoms with Gasteiger partial charge < -0.3 is 0 Å². The molecule has 2 rings (SSSR count). The van der Waals surface area contributed by atoms with Crippen molar-refractivity contribution in [2.75, 3.05) is 4.72 Å². The predicted molar refractivity (Wildman–Crippen MR) is 74.2 cm³/mol. The minimum atomic E-state index is -3.66. The number of sulfonamides is 1. The van der Waals surface area contributed by atoms with Crippen molar-refractivity contribution in [1.29, 1.82) is 0 Å². The Hall–Kier alpha value is -1.11. The highest BCUT2D eigenvalue weighted by Crippen LogP contribution is 2.23. The molecule has 0 aliphatic rings. The number of nitrogens with zero attached hydrogens (tertiary/aromatic N) is 1. The third-order valence-electron chi connectivity index (χ3n) is 2.09. The van der Waals surface area contributed by atoms with Gasteiger partial charge in [-0.25, -0.2) is 13.4 Å².